The van der Waals surface area contributed by atoms with Crippen molar-refractivity contribution in [1.82, 2.24) is 4.31 Å². The Morgan fingerprint density at radius 3 is 2.52 bits per heavy atom. The van der Waals surface area contributed by atoms with Crippen molar-refractivity contribution >= 4 is 37.5 Å². The van der Waals surface area contributed by atoms with Crippen molar-refractivity contribution in [3.8, 4) is 5.75 Å². The predicted molar refractivity (Wildman–Crippen MR) is 104 cm³/mol. The van der Waals surface area contributed by atoms with E-state index in [0.717, 1.165) is 4.47 Å². The molecule has 144 valence electrons. The fraction of sp³-hybridized carbons (Fsp3) is 0.278. The number of rotatable bonds is 6. The topological polar surface area (TPSA) is 84.9 Å². The van der Waals surface area contributed by atoms with E-state index in [2.05, 4.69) is 21.2 Å². The molecule has 0 aromatic heterocycles. The summed E-state index contributed by atoms with van der Waals surface area (Å²) in [5.41, 5.74) is 0.499. The number of hydrogen-bond donors (Lipinski definition) is 1. The van der Waals surface area contributed by atoms with Gasteiger partial charge in [0, 0.05) is 23.2 Å². The van der Waals surface area contributed by atoms with Crippen molar-refractivity contribution in [2.75, 3.05) is 38.2 Å². The average molecular weight is 455 g/mol. The second-order valence-electron chi connectivity index (χ2n) is 5.84. The molecule has 1 N–H and O–H groups in total. The van der Waals surface area contributed by atoms with Gasteiger partial charge in [-0.25, -0.2) is 8.42 Å². The molecule has 0 saturated carbocycles. The molecule has 27 heavy (non-hydrogen) atoms. The third kappa shape index (κ3) is 5.29. The third-order valence-corrected chi connectivity index (χ3v) is 6.32. The first-order valence-electron chi connectivity index (χ1n) is 8.31. The summed E-state index contributed by atoms with van der Waals surface area (Å²) in [4.78, 5) is 12.2. The summed E-state index contributed by atoms with van der Waals surface area (Å²) in [5, 5.41) is 2.68. The van der Waals surface area contributed by atoms with Crippen LogP contribution in [-0.4, -0.2) is 51.5 Å². The number of nitrogens with one attached hydrogen (secondary N) is 1. The SMILES string of the molecule is O=C(COc1cccc(Br)c1)Nc1ccc(S(=O)(=O)N2CCOCC2)cc1. The quantitative estimate of drug-likeness (QED) is 0.724. The molecule has 0 spiro atoms. The van der Waals surface area contributed by atoms with Gasteiger partial charge in [0.05, 0.1) is 18.1 Å². The molecule has 1 aliphatic heterocycles. The van der Waals surface area contributed by atoms with Gasteiger partial charge in [-0.3, -0.25) is 4.79 Å². The molecule has 2 aromatic rings. The molecular formula is C18H19BrN2O5S. The molecule has 9 heteroatoms. The van der Waals surface area contributed by atoms with Crippen LogP contribution in [0.15, 0.2) is 57.9 Å². The molecule has 1 fully saturated rings. The summed E-state index contributed by atoms with van der Waals surface area (Å²) in [6.07, 6.45) is 0. The molecule has 0 radical (unpaired) electrons. The first-order chi connectivity index (χ1) is 12.9. The lowest BCUT2D eigenvalue weighted by Crippen LogP contribution is -2.40. The Kier molecular flexibility index (Phi) is 6.48. The number of sulfonamides is 1. The highest BCUT2D eigenvalue weighted by Crippen LogP contribution is 2.20. The van der Waals surface area contributed by atoms with Crippen molar-refractivity contribution < 1.29 is 22.7 Å². The van der Waals surface area contributed by atoms with Gasteiger partial charge in [0.15, 0.2) is 6.61 Å². The van der Waals surface area contributed by atoms with Gasteiger partial charge in [0.25, 0.3) is 5.91 Å². The summed E-state index contributed by atoms with van der Waals surface area (Å²) in [6.45, 7) is 1.32. The Morgan fingerprint density at radius 1 is 1.15 bits per heavy atom. The molecular weight excluding hydrogens is 436 g/mol. The molecule has 0 aliphatic carbocycles. The lowest BCUT2D eigenvalue weighted by molar-refractivity contribution is -0.118. The molecule has 1 heterocycles. The number of ether oxygens (including phenoxy) is 2. The highest BCUT2D eigenvalue weighted by Gasteiger charge is 2.26. The van der Waals surface area contributed by atoms with Crippen LogP contribution in [0.25, 0.3) is 0 Å². The first-order valence-corrected chi connectivity index (χ1v) is 10.5. The maximum absolute atomic E-state index is 12.6. The minimum Gasteiger partial charge on any atom is -0.484 e. The number of carbonyl (C=O) groups excluding carboxylic acids is 1. The Bertz CT molecular complexity index is 896. The molecule has 1 amide bonds. The minimum atomic E-state index is -3.55. The summed E-state index contributed by atoms with van der Waals surface area (Å²) in [7, 11) is -3.55. The number of amides is 1. The Morgan fingerprint density at radius 2 is 1.85 bits per heavy atom. The van der Waals surface area contributed by atoms with E-state index in [0.29, 0.717) is 37.7 Å². The van der Waals surface area contributed by atoms with Crippen molar-refractivity contribution in [3.63, 3.8) is 0 Å². The maximum Gasteiger partial charge on any atom is 0.262 e. The van der Waals surface area contributed by atoms with E-state index < -0.39 is 10.0 Å². The van der Waals surface area contributed by atoms with E-state index >= 15 is 0 Å². The van der Waals surface area contributed by atoms with Crippen molar-refractivity contribution in [3.05, 3.63) is 53.0 Å². The fourth-order valence-corrected chi connectivity index (χ4v) is 4.34. The zero-order valence-corrected chi connectivity index (χ0v) is 16.8. The normalized spacial score (nSPS) is 15.3. The van der Waals surface area contributed by atoms with E-state index in [1.807, 2.05) is 12.1 Å². The lowest BCUT2D eigenvalue weighted by atomic mass is 10.3. The monoisotopic (exact) mass is 454 g/mol. The zero-order chi connectivity index (χ0) is 19.3. The second kappa shape index (κ2) is 8.83. The summed E-state index contributed by atoms with van der Waals surface area (Å²) in [5.74, 6) is 0.241. The predicted octanol–water partition coefficient (Wildman–Crippen LogP) is 2.49. The van der Waals surface area contributed by atoms with E-state index in [1.54, 1.807) is 24.3 Å². The molecule has 0 unspecified atom stereocenters. The van der Waals surface area contributed by atoms with E-state index in [-0.39, 0.29) is 17.4 Å². The third-order valence-electron chi connectivity index (χ3n) is 3.91. The molecule has 1 saturated heterocycles. The van der Waals surface area contributed by atoms with Gasteiger partial charge in [-0.1, -0.05) is 22.0 Å². The van der Waals surface area contributed by atoms with E-state index in [9.17, 15) is 13.2 Å². The van der Waals surface area contributed by atoms with Crippen LogP contribution in [0.4, 0.5) is 5.69 Å². The van der Waals surface area contributed by atoms with Crippen LogP contribution in [0, 0.1) is 0 Å². The van der Waals surface area contributed by atoms with Crippen LogP contribution in [0.3, 0.4) is 0 Å². The van der Waals surface area contributed by atoms with Crippen LogP contribution in [0.2, 0.25) is 0 Å². The number of benzene rings is 2. The van der Waals surface area contributed by atoms with Crippen LogP contribution in [0.1, 0.15) is 0 Å². The van der Waals surface area contributed by atoms with Crippen LogP contribution < -0.4 is 10.1 Å². The van der Waals surface area contributed by atoms with Gasteiger partial charge >= 0.3 is 0 Å². The highest BCUT2D eigenvalue weighted by molar-refractivity contribution is 9.10. The van der Waals surface area contributed by atoms with Crippen LogP contribution >= 0.6 is 15.9 Å². The number of halogens is 1. The number of carbonyl (C=O) groups is 1. The molecule has 2 aromatic carbocycles. The molecule has 7 nitrogen and oxygen atoms in total. The number of morpholine rings is 1. The second-order valence-corrected chi connectivity index (χ2v) is 8.69. The van der Waals surface area contributed by atoms with E-state index in [1.165, 1.54) is 16.4 Å². The number of nitrogens with zero attached hydrogens (tertiary/aromatic N) is 1. The smallest absolute Gasteiger partial charge is 0.262 e. The summed E-state index contributed by atoms with van der Waals surface area (Å²) >= 11 is 3.33. The average Bonchev–Trinajstić information content (AvgIpc) is 2.68. The Hall–Kier alpha value is -1.94. The zero-order valence-electron chi connectivity index (χ0n) is 14.4. The largest absolute Gasteiger partial charge is 0.484 e. The molecule has 0 atom stereocenters. The number of hydrogen-bond acceptors (Lipinski definition) is 5. The van der Waals surface area contributed by atoms with Crippen LogP contribution in [0.5, 0.6) is 5.75 Å². The first kappa shape index (κ1) is 19.8. The molecule has 0 bridgehead atoms. The van der Waals surface area contributed by atoms with Gasteiger partial charge in [0.2, 0.25) is 10.0 Å². The van der Waals surface area contributed by atoms with Gasteiger partial charge in [-0.05, 0) is 42.5 Å². The standard InChI is InChI=1S/C18H19BrN2O5S/c19-14-2-1-3-16(12-14)26-13-18(22)20-15-4-6-17(7-5-15)27(23,24)21-8-10-25-11-9-21/h1-7,12H,8-11,13H2,(H,20,22). The minimum absolute atomic E-state index is 0.149. The van der Waals surface area contributed by atoms with E-state index in [4.69, 9.17) is 9.47 Å². The van der Waals surface area contributed by atoms with Gasteiger partial charge in [-0.2, -0.15) is 4.31 Å². The van der Waals surface area contributed by atoms with Gasteiger partial charge < -0.3 is 14.8 Å². The lowest BCUT2D eigenvalue weighted by Gasteiger charge is -2.26. The highest BCUT2D eigenvalue weighted by atomic mass is 79.9. The molecule has 1 aliphatic rings. The maximum atomic E-state index is 12.6. The van der Waals surface area contributed by atoms with Crippen molar-refractivity contribution in [2.45, 2.75) is 4.90 Å². The van der Waals surface area contributed by atoms with Gasteiger partial charge in [0.1, 0.15) is 5.75 Å². The summed E-state index contributed by atoms with van der Waals surface area (Å²) < 4.78 is 38.0. The Labute approximate surface area is 166 Å². The van der Waals surface area contributed by atoms with Gasteiger partial charge in [-0.15, -0.1) is 0 Å². The van der Waals surface area contributed by atoms with Crippen molar-refractivity contribution in [1.29, 1.82) is 0 Å². The summed E-state index contributed by atoms with van der Waals surface area (Å²) in [6, 6.07) is 13.3. The van der Waals surface area contributed by atoms with Crippen molar-refractivity contribution in [2.24, 2.45) is 0 Å². The van der Waals surface area contributed by atoms with Crippen LogP contribution in [-0.2, 0) is 19.6 Å². The fourth-order valence-electron chi connectivity index (χ4n) is 2.55. The number of anilines is 1. The Balaban J connectivity index is 1.57. The molecule has 3 rings (SSSR count).